The van der Waals surface area contributed by atoms with Crippen molar-refractivity contribution in [3.05, 3.63) is 66.0 Å². The highest BCUT2D eigenvalue weighted by atomic mass is 16.3. The molecule has 4 rings (SSSR count). The number of aryl methyl sites for hydroxylation is 2. The number of fused-ring (bicyclic) bond motifs is 1. The van der Waals surface area contributed by atoms with Crippen LogP contribution in [0.25, 0.3) is 16.7 Å². The lowest BCUT2D eigenvalue weighted by Crippen LogP contribution is -2.06. The molecule has 126 valence electrons. The number of nitrogens with zero attached hydrogens (tertiary/aromatic N) is 4. The van der Waals surface area contributed by atoms with Gasteiger partial charge in [-0.05, 0) is 31.2 Å². The van der Waals surface area contributed by atoms with E-state index < -0.39 is 0 Å². The topological polar surface area (TPSA) is 68.8 Å². The van der Waals surface area contributed by atoms with E-state index in [0.717, 1.165) is 46.2 Å². The molecule has 0 aliphatic heterocycles. The summed E-state index contributed by atoms with van der Waals surface area (Å²) in [7, 11) is 0. The average Bonchev–Trinajstić information content (AvgIpc) is 3.28. The van der Waals surface area contributed by atoms with Crippen molar-refractivity contribution < 1.29 is 4.42 Å². The quantitative estimate of drug-likeness (QED) is 0.600. The van der Waals surface area contributed by atoms with E-state index in [2.05, 4.69) is 10.3 Å². The Kier molecular flexibility index (Phi) is 3.93. The Balaban J connectivity index is 1.83. The molecule has 1 N–H and O–H groups in total. The van der Waals surface area contributed by atoms with Crippen LogP contribution in [0.1, 0.15) is 24.2 Å². The summed E-state index contributed by atoms with van der Waals surface area (Å²) in [6.07, 6.45) is 2.42. The standard InChI is InChI=1S/C19H19N5O/c1-3-16-21-18(20-12-15-10-7-11-25-15)17-13(2)23-24(19(17)22-16)14-8-5-4-6-9-14/h4-11H,3,12H2,1-2H3,(H,20,21,22). The summed E-state index contributed by atoms with van der Waals surface area (Å²) in [5.74, 6) is 2.43. The molecule has 0 unspecified atom stereocenters. The van der Waals surface area contributed by atoms with Crippen molar-refractivity contribution in [2.24, 2.45) is 0 Å². The molecule has 0 aliphatic carbocycles. The zero-order valence-corrected chi connectivity index (χ0v) is 14.2. The predicted octanol–water partition coefficient (Wildman–Crippen LogP) is 3.89. The molecule has 0 spiro atoms. The highest BCUT2D eigenvalue weighted by Gasteiger charge is 2.17. The van der Waals surface area contributed by atoms with Gasteiger partial charge < -0.3 is 9.73 Å². The van der Waals surface area contributed by atoms with Crippen LogP contribution in [0.2, 0.25) is 0 Å². The molecule has 0 atom stereocenters. The fourth-order valence-corrected chi connectivity index (χ4v) is 2.85. The summed E-state index contributed by atoms with van der Waals surface area (Å²) in [5.41, 5.74) is 2.69. The first-order valence-corrected chi connectivity index (χ1v) is 8.34. The molecule has 0 radical (unpaired) electrons. The zero-order valence-electron chi connectivity index (χ0n) is 14.2. The van der Waals surface area contributed by atoms with E-state index in [9.17, 15) is 0 Å². The molecule has 0 fully saturated rings. The van der Waals surface area contributed by atoms with Gasteiger partial charge >= 0.3 is 0 Å². The van der Waals surface area contributed by atoms with E-state index in [1.54, 1.807) is 6.26 Å². The number of benzene rings is 1. The van der Waals surface area contributed by atoms with Crippen molar-refractivity contribution in [3.63, 3.8) is 0 Å². The summed E-state index contributed by atoms with van der Waals surface area (Å²) in [6.45, 7) is 4.60. The largest absolute Gasteiger partial charge is 0.467 e. The van der Waals surface area contributed by atoms with Gasteiger partial charge in [0.1, 0.15) is 17.4 Å². The second-order valence-corrected chi connectivity index (χ2v) is 5.81. The summed E-state index contributed by atoms with van der Waals surface area (Å²) in [4.78, 5) is 9.39. The molecule has 4 aromatic rings. The molecule has 25 heavy (non-hydrogen) atoms. The van der Waals surface area contributed by atoms with Gasteiger partial charge in [0.25, 0.3) is 0 Å². The molecule has 3 heterocycles. The minimum atomic E-state index is 0.568. The number of hydrogen-bond donors (Lipinski definition) is 1. The SMILES string of the molecule is CCc1nc(NCc2ccco2)c2c(C)nn(-c3ccccc3)c2n1. The molecule has 3 aromatic heterocycles. The maximum atomic E-state index is 5.40. The normalized spacial score (nSPS) is 11.1. The van der Waals surface area contributed by atoms with Crippen molar-refractivity contribution in [2.75, 3.05) is 5.32 Å². The summed E-state index contributed by atoms with van der Waals surface area (Å²) < 4.78 is 7.28. The first-order chi connectivity index (χ1) is 12.3. The third-order valence-electron chi connectivity index (χ3n) is 4.08. The Morgan fingerprint density at radius 1 is 1.08 bits per heavy atom. The monoisotopic (exact) mass is 333 g/mol. The van der Waals surface area contributed by atoms with Crippen LogP contribution < -0.4 is 5.32 Å². The minimum absolute atomic E-state index is 0.568. The van der Waals surface area contributed by atoms with Crippen molar-refractivity contribution in [2.45, 2.75) is 26.8 Å². The van der Waals surface area contributed by atoms with E-state index in [1.807, 2.05) is 61.0 Å². The van der Waals surface area contributed by atoms with Crippen LogP contribution in [0, 0.1) is 6.92 Å². The van der Waals surface area contributed by atoms with Gasteiger partial charge in [-0.1, -0.05) is 25.1 Å². The van der Waals surface area contributed by atoms with Gasteiger partial charge in [-0.15, -0.1) is 0 Å². The first kappa shape index (κ1) is 15.4. The van der Waals surface area contributed by atoms with Crippen LogP contribution in [0.3, 0.4) is 0 Å². The maximum absolute atomic E-state index is 5.40. The highest BCUT2D eigenvalue weighted by Crippen LogP contribution is 2.26. The van der Waals surface area contributed by atoms with Gasteiger partial charge in [0.2, 0.25) is 0 Å². The number of anilines is 1. The Bertz CT molecular complexity index is 990. The van der Waals surface area contributed by atoms with Crippen LogP contribution in [-0.2, 0) is 13.0 Å². The van der Waals surface area contributed by atoms with Gasteiger partial charge in [-0.3, -0.25) is 0 Å². The van der Waals surface area contributed by atoms with Crippen LogP contribution in [0.5, 0.6) is 0 Å². The second-order valence-electron chi connectivity index (χ2n) is 5.81. The zero-order chi connectivity index (χ0) is 17.2. The number of rotatable bonds is 5. The lowest BCUT2D eigenvalue weighted by Gasteiger charge is -2.08. The average molecular weight is 333 g/mol. The van der Waals surface area contributed by atoms with E-state index in [1.165, 1.54) is 0 Å². The van der Waals surface area contributed by atoms with Gasteiger partial charge in [0, 0.05) is 6.42 Å². The lowest BCUT2D eigenvalue weighted by molar-refractivity contribution is 0.518. The number of hydrogen-bond acceptors (Lipinski definition) is 5. The van der Waals surface area contributed by atoms with Crippen molar-refractivity contribution >= 4 is 16.9 Å². The second kappa shape index (κ2) is 6.39. The lowest BCUT2D eigenvalue weighted by atomic mass is 10.2. The molecule has 0 aliphatic rings. The van der Waals surface area contributed by atoms with E-state index in [0.29, 0.717) is 6.54 Å². The number of nitrogens with one attached hydrogen (secondary N) is 1. The van der Waals surface area contributed by atoms with Crippen molar-refractivity contribution in [3.8, 4) is 5.69 Å². The van der Waals surface area contributed by atoms with Gasteiger partial charge in [-0.2, -0.15) is 5.10 Å². The Labute approximate surface area is 145 Å². The first-order valence-electron chi connectivity index (χ1n) is 8.34. The number of para-hydroxylation sites is 1. The minimum Gasteiger partial charge on any atom is -0.467 e. The van der Waals surface area contributed by atoms with Crippen LogP contribution in [0.15, 0.2) is 53.1 Å². The molecule has 0 amide bonds. The fourth-order valence-electron chi connectivity index (χ4n) is 2.85. The third kappa shape index (κ3) is 2.87. The van der Waals surface area contributed by atoms with Crippen molar-refractivity contribution in [1.82, 2.24) is 19.7 Å². The highest BCUT2D eigenvalue weighted by molar-refractivity contribution is 5.90. The molecule has 1 aromatic carbocycles. The molecule has 6 nitrogen and oxygen atoms in total. The van der Waals surface area contributed by atoms with Gasteiger partial charge in [0.15, 0.2) is 5.65 Å². The van der Waals surface area contributed by atoms with Crippen molar-refractivity contribution in [1.29, 1.82) is 0 Å². The van der Waals surface area contributed by atoms with Crippen LogP contribution in [0.4, 0.5) is 5.82 Å². The fraction of sp³-hybridized carbons (Fsp3) is 0.211. The molecule has 0 saturated carbocycles. The Morgan fingerprint density at radius 3 is 2.64 bits per heavy atom. The van der Waals surface area contributed by atoms with Gasteiger partial charge in [-0.25, -0.2) is 14.6 Å². The van der Waals surface area contributed by atoms with E-state index >= 15 is 0 Å². The van der Waals surface area contributed by atoms with Crippen LogP contribution >= 0.6 is 0 Å². The van der Waals surface area contributed by atoms with E-state index in [4.69, 9.17) is 14.5 Å². The number of aromatic nitrogens is 4. The van der Waals surface area contributed by atoms with Crippen LogP contribution in [-0.4, -0.2) is 19.7 Å². The van der Waals surface area contributed by atoms with Gasteiger partial charge in [0.05, 0.1) is 29.6 Å². The maximum Gasteiger partial charge on any atom is 0.168 e. The van der Waals surface area contributed by atoms with E-state index in [-0.39, 0.29) is 0 Å². The Morgan fingerprint density at radius 2 is 1.92 bits per heavy atom. The summed E-state index contributed by atoms with van der Waals surface area (Å²) >= 11 is 0. The molecular weight excluding hydrogens is 314 g/mol. The predicted molar refractivity (Wildman–Crippen MR) is 96.8 cm³/mol. The molecular formula is C19H19N5O. The Hall–Kier alpha value is -3.15. The molecule has 0 bridgehead atoms. The molecule has 0 saturated heterocycles. The summed E-state index contributed by atoms with van der Waals surface area (Å²) in [5, 5.41) is 9.00. The number of furan rings is 1. The summed E-state index contributed by atoms with van der Waals surface area (Å²) in [6, 6.07) is 13.8. The molecule has 6 heteroatoms. The third-order valence-corrected chi connectivity index (χ3v) is 4.08. The smallest absolute Gasteiger partial charge is 0.168 e.